The van der Waals surface area contributed by atoms with Gasteiger partial charge >= 0.3 is 0 Å². The lowest BCUT2D eigenvalue weighted by atomic mass is 10.2. The highest BCUT2D eigenvalue weighted by Crippen LogP contribution is 2.23. The van der Waals surface area contributed by atoms with E-state index >= 15 is 0 Å². The molecule has 0 radical (unpaired) electrons. The maximum Gasteiger partial charge on any atom is 0.241 e. The number of carbonyl (C=O) groups is 1. The van der Waals surface area contributed by atoms with Crippen LogP contribution >= 0.6 is 15.9 Å². The highest BCUT2D eigenvalue weighted by molar-refractivity contribution is 9.10. The van der Waals surface area contributed by atoms with Crippen LogP contribution in [0.5, 0.6) is 0 Å². The summed E-state index contributed by atoms with van der Waals surface area (Å²) in [7, 11) is 1.83. The van der Waals surface area contributed by atoms with Gasteiger partial charge in [-0.3, -0.25) is 9.78 Å². The van der Waals surface area contributed by atoms with Gasteiger partial charge in [0.1, 0.15) is 0 Å². The summed E-state index contributed by atoms with van der Waals surface area (Å²) < 4.78 is 0.972. The Morgan fingerprint density at radius 2 is 2.00 bits per heavy atom. The molecule has 22 heavy (non-hydrogen) atoms. The summed E-state index contributed by atoms with van der Waals surface area (Å²) >= 11 is 3.50. The second-order valence-corrected chi connectivity index (χ2v) is 6.11. The predicted octanol–water partition coefficient (Wildman–Crippen LogP) is 3.27. The summed E-state index contributed by atoms with van der Waals surface area (Å²) in [5.41, 5.74) is 3.29. The number of amides is 1. The fraction of sp³-hybridized carbons (Fsp3) is 0.294. The number of benzene rings is 1. The number of carbonyl (C=O) groups excluding carboxylic acids is 1. The minimum Gasteiger partial charge on any atom is -0.375 e. The van der Waals surface area contributed by atoms with Gasteiger partial charge in [-0.25, -0.2) is 0 Å². The minimum absolute atomic E-state index is 0.0709. The number of rotatable bonds is 6. The van der Waals surface area contributed by atoms with Gasteiger partial charge in [0.25, 0.3) is 0 Å². The van der Waals surface area contributed by atoms with Crippen LogP contribution in [0.2, 0.25) is 0 Å². The van der Waals surface area contributed by atoms with Crippen LogP contribution in [-0.2, 0) is 11.2 Å². The molecule has 0 aliphatic rings. The van der Waals surface area contributed by atoms with Crippen molar-refractivity contribution in [2.45, 2.75) is 13.3 Å². The van der Waals surface area contributed by atoms with Crippen molar-refractivity contribution in [3.05, 3.63) is 58.3 Å². The van der Waals surface area contributed by atoms with E-state index in [4.69, 9.17) is 0 Å². The minimum atomic E-state index is 0.0709. The molecule has 0 spiro atoms. The third-order valence-corrected chi connectivity index (χ3v) is 4.12. The normalized spacial score (nSPS) is 10.3. The molecule has 116 valence electrons. The number of likely N-dealkylation sites (N-methyl/N-ethyl adjacent to an activating group) is 1. The first-order valence-electron chi connectivity index (χ1n) is 7.19. The lowest BCUT2D eigenvalue weighted by molar-refractivity contribution is -0.127. The summed E-state index contributed by atoms with van der Waals surface area (Å²) in [6.07, 6.45) is 4.38. The number of nitrogens with one attached hydrogen (secondary N) is 1. The third kappa shape index (κ3) is 4.84. The molecular weight excluding hydrogens is 342 g/mol. The molecule has 0 aliphatic heterocycles. The molecule has 1 heterocycles. The Bertz CT molecular complexity index is 631. The Labute approximate surface area is 139 Å². The van der Waals surface area contributed by atoms with Crippen LogP contribution in [0, 0.1) is 6.92 Å². The molecule has 0 bridgehead atoms. The van der Waals surface area contributed by atoms with Crippen molar-refractivity contribution < 1.29 is 4.79 Å². The van der Waals surface area contributed by atoms with E-state index in [2.05, 4.69) is 26.2 Å². The zero-order valence-electron chi connectivity index (χ0n) is 12.8. The van der Waals surface area contributed by atoms with Gasteiger partial charge in [-0.15, -0.1) is 0 Å². The van der Waals surface area contributed by atoms with Crippen LogP contribution in [0.15, 0.2) is 47.2 Å². The maximum atomic E-state index is 12.2. The highest BCUT2D eigenvalue weighted by Gasteiger charge is 2.09. The van der Waals surface area contributed by atoms with Crippen LogP contribution in [0.25, 0.3) is 0 Å². The van der Waals surface area contributed by atoms with Gasteiger partial charge in [-0.2, -0.15) is 0 Å². The van der Waals surface area contributed by atoms with E-state index in [0.29, 0.717) is 6.54 Å². The summed E-state index contributed by atoms with van der Waals surface area (Å²) in [4.78, 5) is 17.9. The fourth-order valence-corrected chi connectivity index (χ4v) is 2.67. The molecule has 0 unspecified atom stereocenters. The smallest absolute Gasteiger partial charge is 0.241 e. The summed E-state index contributed by atoms with van der Waals surface area (Å²) in [5.74, 6) is 0.0709. The first kappa shape index (κ1) is 16.5. The molecular formula is C17H20BrN3O. The Morgan fingerprint density at radius 3 is 2.68 bits per heavy atom. The molecule has 0 atom stereocenters. The number of hydrogen-bond acceptors (Lipinski definition) is 3. The van der Waals surface area contributed by atoms with Crippen LogP contribution in [0.3, 0.4) is 0 Å². The van der Waals surface area contributed by atoms with Crippen LogP contribution in [0.1, 0.15) is 11.1 Å². The fourth-order valence-electron chi connectivity index (χ4n) is 2.04. The molecule has 2 rings (SSSR count). The summed E-state index contributed by atoms with van der Waals surface area (Å²) in [6, 6.07) is 9.97. The van der Waals surface area contributed by atoms with E-state index in [0.717, 1.165) is 16.6 Å². The van der Waals surface area contributed by atoms with Gasteiger partial charge in [-0.1, -0.05) is 6.07 Å². The van der Waals surface area contributed by atoms with Gasteiger partial charge in [-0.05, 0) is 64.7 Å². The average Bonchev–Trinajstić information content (AvgIpc) is 2.52. The van der Waals surface area contributed by atoms with Gasteiger partial charge in [0.2, 0.25) is 5.91 Å². The van der Waals surface area contributed by atoms with Crippen molar-refractivity contribution in [3.8, 4) is 0 Å². The van der Waals surface area contributed by atoms with Crippen LogP contribution < -0.4 is 5.32 Å². The van der Waals surface area contributed by atoms with Gasteiger partial charge in [0, 0.05) is 36.1 Å². The van der Waals surface area contributed by atoms with Gasteiger partial charge in [0.15, 0.2) is 0 Å². The largest absolute Gasteiger partial charge is 0.375 e. The molecule has 1 aromatic carbocycles. The Morgan fingerprint density at radius 1 is 1.27 bits per heavy atom. The molecule has 1 aromatic heterocycles. The first-order chi connectivity index (χ1) is 10.6. The average molecular weight is 362 g/mol. The molecule has 2 aromatic rings. The number of halogens is 1. The van der Waals surface area contributed by atoms with E-state index in [9.17, 15) is 4.79 Å². The molecule has 5 heteroatoms. The van der Waals surface area contributed by atoms with E-state index in [1.54, 1.807) is 17.3 Å². The standard InChI is InChI=1S/C17H20BrN3O/c1-13-3-4-16(15(18)11-13)20-12-17(22)21(2)10-7-14-5-8-19-9-6-14/h3-6,8-9,11,20H,7,10,12H2,1-2H3. The maximum absolute atomic E-state index is 12.2. The molecule has 0 saturated heterocycles. The second-order valence-electron chi connectivity index (χ2n) is 5.26. The lowest BCUT2D eigenvalue weighted by Gasteiger charge is -2.18. The first-order valence-corrected chi connectivity index (χ1v) is 7.98. The summed E-state index contributed by atoms with van der Waals surface area (Å²) in [6.45, 7) is 3.01. The van der Waals surface area contributed by atoms with Crippen molar-refractivity contribution >= 4 is 27.5 Å². The quantitative estimate of drug-likeness (QED) is 0.858. The van der Waals surface area contributed by atoms with Crippen LogP contribution in [-0.4, -0.2) is 35.9 Å². The number of aromatic nitrogens is 1. The SMILES string of the molecule is Cc1ccc(NCC(=O)N(C)CCc2ccncc2)c(Br)c1. The number of aryl methyl sites for hydroxylation is 1. The number of anilines is 1. The van der Waals surface area contributed by atoms with Crippen molar-refractivity contribution in [2.24, 2.45) is 0 Å². The van der Waals surface area contributed by atoms with Crippen molar-refractivity contribution in [1.82, 2.24) is 9.88 Å². The van der Waals surface area contributed by atoms with E-state index in [1.807, 2.05) is 44.3 Å². The molecule has 1 amide bonds. The topological polar surface area (TPSA) is 45.2 Å². The predicted molar refractivity (Wildman–Crippen MR) is 92.9 cm³/mol. The molecule has 1 N–H and O–H groups in total. The van der Waals surface area contributed by atoms with Crippen molar-refractivity contribution in [2.75, 3.05) is 25.5 Å². The van der Waals surface area contributed by atoms with Crippen molar-refractivity contribution in [1.29, 1.82) is 0 Å². The number of pyridine rings is 1. The zero-order chi connectivity index (χ0) is 15.9. The van der Waals surface area contributed by atoms with Gasteiger partial charge in [0.05, 0.1) is 6.54 Å². The zero-order valence-corrected chi connectivity index (χ0v) is 14.4. The Balaban J connectivity index is 1.81. The Hall–Kier alpha value is -1.88. The van der Waals surface area contributed by atoms with E-state index in [1.165, 1.54) is 11.1 Å². The third-order valence-electron chi connectivity index (χ3n) is 3.47. The molecule has 4 nitrogen and oxygen atoms in total. The van der Waals surface area contributed by atoms with Gasteiger partial charge < -0.3 is 10.2 Å². The Kier molecular flexibility index (Phi) is 5.95. The molecule has 0 saturated carbocycles. The van der Waals surface area contributed by atoms with Crippen molar-refractivity contribution in [3.63, 3.8) is 0 Å². The monoisotopic (exact) mass is 361 g/mol. The number of nitrogens with zero attached hydrogens (tertiary/aromatic N) is 2. The molecule has 0 aliphatic carbocycles. The lowest BCUT2D eigenvalue weighted by Crippen LogP contribution is -2.33. The van der Waals surface area contributed by atoms with Crippen LogP contribution in [0.4, 0.5) is 5.69 Å². The van der Waals surface area contributed by atoms with E-state index < -0.39 is 0 Å². The second kappa shape index (κ2) is 7.94. The molecule has 0 fully saturated rings. The highest BCUT2D eigenvalue weighted by atomic mass is 79.9. The number of hydrogen-bond donors (Lipinski definition) is 1. The van der Waals surface area contributed by atoms with E-state index in [-0.39, 0.29) is 12.5 Å². The summed E-state index contributed by atoms with van der Waals surface area (Å²) in [5, 5.41) is 3.17.